The van der Waals surface area contributed by atoms with Crippen LogP contribution < -0.4 is 10.5 Å². The molecule has 3 heteroatoms. The van der Waals surface area contributed by atoms with Crippen LogP contribution in [0.5, 0.6) is 5.75 Å². The van der Waals surface area contributed by atoms with E-state index in [0.717, 1.165) is 18.8 Å². The topological polar surface area (TPSA) is 52.3 Å². The van der Waals surface area contributed by atoms with Crippen LogP contribution in [0.15, 0.2) is 48.5 Å². The highest BCUT2D eigenvalue weighted by Gasteiger charge is 2.11. The second kappa shape index (κ2) is 8.23. The molecule has 0 saturated heterocycles. The SMILES string of the molecule is CCCCCCOc1ccc(C(=O)c2ccccc2N)cc1. The summed E-state index contributed by atoms with van der Waals surface area (Å²) in [4.78, 5) is 12.4. The van der Waals surface area contributed by atoms with E-state index in [4.69, 9.17) is 10.5 Å². The summed E-state index contributed by atoms with van der Waals surface area (Å²) in [6.45, 7) is 2.91. The lowest BCUT2D eigenvalue weighted by molar-refractivity contribution is 0.103. The third-order valence-electron chi connectivity index (χ3n) is 3.59. The summed E-state index contributed by atoms with van der Waals surface area (Å²) in [5.74, 6) is 0.738. The van der Waals surface area contributed by atoms with E-state index in [0.29, 0.717) is 16.8 Å². The van der Waals surface area contributed by atoms with Gasteiger partial charge in [-0.25, -0.2) is 0 Å². The average molecular weight is 297 g/mol. The van der Waals surface area contributed by atoms with Crippen molar-refractivity contribution in [2.24, 2.45) is 0 Å². The van der Waals surface area contributed by atoms with Gasteiger partial charge in [0.15, 0.2) is 5.78 Å². The second-order valence-electron chi connectivity index (χ2n) is 5.35. The maximum atomic E-state index is 12.4. The van der Waals surface area contributed by atoms with E-state index in [9.17, 15) is 4.79 Å². The van der Waals surface area contributed by atoms with E-state index < -0.39 is 0 Å². The zero-order valence-electron chi connectivity index (χ0n) is 13.0. The van der Waals surface area contributed by atoms with Crippen LogP contribution in [0.3, 0.4) is 0 Å². The van der Waals surface area contributed by atoms with Crippen molar-refractivity contribution in [3.05, 3.63) is 59.7 Å². The first-order valence-corrected chi connectivity index (χ1v) is 7.84. The van der Waals surface area contributed by atoms with Gasteiger partial charge in [-0.1, -0.05) is 38.3 Å². The molecule has 0 radical (unpaired) electrons. The molecule has 0 aliphatic heterocycles. The fraction of sp³-hybridized carbons (Fsp3) is 0.316. The molecule has 2 rings (SSSR count). The highest BCUT2D eigenvalue weighted by molar-refractivity contribution is 6.12. The largest absolute Gasteiger partial charge is 0.494 e. The Morgan fingerprint density at radius 3 is 2.41 bits per heavy atom. The van der Waals surface area contributed by atoms with E-state index in [1.165, 1.54) is 19.3 Å². The van der Waals surface area contributed by atoms with Crippen LogP contribution in [-0.2, 0) is 0 Å². The first kappa shape index (κ1) is 16.1. The number of ether oxygens (including phenoxy) is 1. The van der Waals surface area contributed by atoms with Crippen molar-refractivity contribution in [1.29, 1.82) is 0 Å². The van der Waals surface area contributed by atoms with Crippen LogP contribution in [0.4, 0.5) is 5.69 Å². The quantitative estimate of drug-likeness (QED) is 0.444. The van der Waals surface area contributed by atoms with Crippen LogP contribution in [0.25, 0.3) is 0 Å². The van der Waals surface area contributed by atoms with Crippen LogP contribution >= 0.6 is 0 Å². The van der Waals surface area contributed by atoms with Gasteiger partial charge in [0.2, 0.25) is 0 Å². The maximum absolute atomic E-state index is 12.4. The van der Waals surface area contributed by atoms with Crippen molar-refractivity contribution < 1.29 is 9.53 Å². The Bertz CT molecular complexity index is 605. The Morgan fingerprint density at radius 2 is 1.73 bits per heavy atom. The Balaban J connectivity index is 1.94. The molecular weight excluding hydrogens is 274 g/mol. The van der Waals surface area contributed by atoms with Crippen molar-refractivity contribution >= 4 is 11.5 Å². The first-order chi connectivity index (χ1) is 10.7. The molecule has 0 amide bonds. The Labute approximate surface area is 132 Å². The number of carbonyl (C=O) groups is 1. The Morgan fingerprint density at radius 1 is 1.00 bits per heavy atom. The van der Waals surface area contributed by atoms with Gasteiger partial charge in [0.1, 0.15) is 5.75 Å². The molecule has 0 aliphatic rings. The molecule has 0 aromatic heterocycles. The van der Waals surface area contributed by atoms with E-state index in [2.05, 4.69) is 6.92 Å². The van der Waals surface area contributed by atoms with Gasteiger partial charge in [0.05, 0.1) is 6.61 Å². The van der Waals surface area contributed by atoms with E-state index >= 15 is 0 Å². The molecule has 0 fully saturated rings. The molecule has 2 N–H and O–H groups in total. The minimum atomic E-state index is -0.0624. The molecule has 0 spiro atoms. The van der Waals surface area contributed by atoms with E-state index in [1.54, 1.807) is 24.3 Å². The number of rotatable bonds is 8. The van der Waals surface area contributed by atoms with Crippen LogP contribution in [0.1, 0.15) is 48.5 Å². The number of ketones is 1. The molecule has 0 saturated carbocycles. The number of hydrogen-bond donors (Lipinski definition) is 1. The normalized spacial score (nSPS) is 10.4. The van der Waals surface area contributed by atoms with Crippen molar-refractivity contribution in [3.8, 4) is 5.75 Å². The summed E-state index contributed by atoms with van der Waals surface area (Å²) in [5.41, 5.74) is 7.51. The van der Waals surface area contributed by atoms with Gasteiger partial charge < -0.3 is 10.5 Å². The summed E-state index contributed by atoms with van der Waals surface area (Å²) in [6.07, 6.45) is 4.73. The van der Waals surface area contributed by atoms with Crippen molar-refractivity contribution in [1.82, 2.24) is 0 Å². The number of nitrogen functional groups attached to an aromatic ring is 1. The molecule has 22 heavy (non-hydrogen) atoms. The monoisotopic (exact) mass is 297 g/mol. The molecule has 2 aromatic carbocycles. The van der Waals surface area contributed by atoms with Gasteiger partial charge in [-0.15, -0.1) is 0 Å². The average Bonchev–Trinajstić information content (AvgIpc) is 2.55. The summed E-state index contributed by atoms with van der Waals surface area (Å²) >= 11 is 0. The molecular formula is C19H23NO2. The number of anilines is 1. The third-order valence-corrected chi connectivity index (χ3v) is 3.59. The predicted molar refractivity (Wildman–Crippen MR) is 90.4 cm³/mol. The van der Waals surface area contributed by atoms with E-state index in [1.807, 2.05) is 24.3 Å². The number of nitrogens with two attached hydrogens (primary N) is 1. The summed E-state index contributed by atoms with van der Waals surface area (Å²) in [5, 5.41) is 0. The highest BCUT2D eigenvalue weighted by atomic mass is 16.5. The molecule has 0 atom stereocenters. The molecule has 0 aliphatic carbocycles. The second-order valence-corrected chi connectivity index (χ2v) is 5.35. The number of carbonyl (C=O) groups excluding carboxylic acids is 1. The summed E-state index contributed by atoms with van der Waals surface area (Å²) in [6, 6.07) is 14.4. The molecule has 116 valence electrons. The van der Waals surface area contributed by atoms with Crippen molar-refractivity contribution in [2.75, 3.05) is 12.3 Å². The minimum Gasteiger partial charge on any atom is -0.494 e. The van der Waals surface area contributed by atoms with Gasteiger partial charge in [0, 0.05) is 16.8 Å². The van der Waals surface area contributed by atoms with Gasteiger partial charge in [-0.05, 0) is 42.8 Å². The van der Waals surface area contributed by atoms with Gasteiger partial charge >= 0.3 is 0 Å². The lowest BCUT2D eigenvalue weighted by atomic mass is 10.0. The highest BCUT2D eigenvalue weighted by Crippen LogP contribution is 2.19. The molecule has 3 nitrogen and oxygen atoms in total. The number of para-hydroxylation sites is 1. The maximum Gasteiger partial charge on any atom is 0.195 e. The van der Waals surface area contributed by atoms with Gasteiger partial charge in [-0.2, -0.15) is 0 Å². The molecule has 0 bridgehead atoms. The summed E-state index contributed by atoms with van der Waals surface area (Å²) < 4.78 is 5.68. The zero-order valence-corrected chi connectivity index (χ0v) is 13.0. The predicted octanol–water partition coefficient (Wildman–Crippen LogP) is 4.46. The fourth-order valence-corrected chi connectivity index (χ4v) is 2.28. The van der Waals surface area contributed by atoms with Gasteiger partial charge in [0.25, 0.3) is 0 Å². The van der Waals surface area contributed by atoms with Crippen molar-refractivity contribution in [3.63, 3.8) is 0 Å². The third kappa shape index (κ3) is 4.35. The zero-order chi connectivity index (χ0) is 15.8. The lowest BCUT2D eigenvalue weighted by Gasteiger charge is -2.08. The Hall–Kier alpha value is -2.29. The van der Waals surface area contributed by atoms with Crippen molar-refractivity contribution in [2.45, 2.75) is 32.6 Å². The van der Waals surface area contributed by atoms with Crippen LogP contribution in [0, 0.1) is 0 Å². The lowest BCUT2D eigenvalue weighted by Crippen LogP contribution is -2.05. The number of hydrogen-bond acceptors (Lipinski definition) is 3. The minimum absolute atomic E-state index is 0.0624. The van der Waals surface area contributed by atoms with Gasteiger partial charge in [-0.3, -0.25) is 4.79 Å². The first-order valence-electron chi connectivity index (χ1n) is 7.84. The smallest absolute Gasteiger partial charge is 0.195 e. The Kier molecular flexibility index (Phi) is 6.01. The summed E-state index contributed by atoms with van der Waals surface area (Å²) in [7, 11) is 0. The molecule has 0 unspecified atom stereocenters. The van der Waals surface area contributed by atoms with Crippen LogP contribution in [-0.4, -0.2) is 12.4 Å². The van der Waals surface area contributed by atoms with Crippen LogP contribution in [0.2, 0.25) is 0 Å². The molecule has 0 heterocycles. The fourth-order valence-electron chi connectivity index (χ4n) is 2.28. The molecule has 2 aromatic rings. The van der Waals surface area contributed by atoms with E-state index in [-0.39, 0.29) is 5.78 Å². The standard InChI is InChI=1S/C19H23NO2/c1-2-3-4-7-14-22-16-12-10-15(11-13-16)19(21)17-8-5-6-9-18(17)20/h5-6,8-13H,2-4,7,14,20H2,1H3. The number of unbranched alkanes of at least 4 members (excludes halogenated alkanes) is 3. The number of benzene rings is 2.